The summed E-state index contributed by atoms with van der Waals surface area (Å²) in [5.41, 5.74) is 1.32. The van der Waals surface area contributed by atoms with Gasteiger partial charge in [-0.3, -0.25) is 0 Å². The van der Waals surface area contributed by atoms with Crippen LogP contribution in [-0.2, 0) is 0 Å². The summed E-state index contributed by atoms with van der Waals surface area (Å²) in [6, 6.07) is 8.21. The minimum atomic E-state index is 0.633. The van der Waals surface area contributed by atoms with Gasteiger partial charge in [-0.2, -0.15) is 0 Å². The molecule has 0 amide bonds. The molecular weight excluding hydrogens is 184 g/mol. The first-order valence-electron chi connectivity index (χ1n) is 4.55. The van der Waals surface area contributed by atoms with E-state index in [0.29, 0.717) is 11.8 Å². The van der Waals surface area contributed by atoms with Crippen molar-refractivity contribution in [2.24, 2.45) is 5.92 Å². The average Bonchev–Trinajstić information content (AvgIpc) is 2.96. The molecule has 1 aliphatic rings. The van der Waals surface area contributed by atoms with Crippen molar-refractivity contribution in [1.29, 1.82) is 0 Å². The fourth-order valence-electron chi connectivity index (χ4n) is 1.77. The van der Waals surface area contributed by atoms with Gasteiger partial charge in [0.05, 0.1) is 7.11 Å². The number of hydrogen-bond acceptors (Lipinski definition) is 1. The number of alkyl halides is 1. The lowest BCUT2D eigenvalue weighted by atomic mass is 10.1. The summed E-state index contributed by atoms with van der Waals surface area (Å²) < 4.78 is 5.30. The second-order valence-corrected chi connectivity index (χ2v) is 3.81. The molecule has 0 aliphatic heterocycles. The summed E-state index contributed by atoms with van der Waals surface area (Å²) in [5.74, 6) is 3.06. The van der Waals surface area contributed by atoms with E-state index >= 15 is 0 Å². The lowest BCUT2D eigenvalue weighted by Gasteiger charge is -2.06. The molecule has 1 fully saturated rings. The summed E-state index contributed by atoms with van der Waals surface area (Å²) in [6.07, 6.45) is 1.21. The largest absolute Gasteiger partial charge is 0.496 e. The molecule has 13 heavy (non-hydrogen) atoms. The highest BCUT2D eigenvalue weighted by atomic mass is 35.5. The van der Waals surface area contributed by atoms with E-state index in [4.69, 9.17) is 16.3 Å². The van der Waals surface area contributed by atoms with Crippen molar-refractivity contribution in [3.8, 4) is 5.75 Å². The first-order valence-corrected chi connectivity index (χ1v) is 5.09. The van der Waals surface area contributed by atoms with E-state index in [9.17, 15) is 0 Å². The maximum Gasteiger partial charge on any atom is 0.122 e. The van der Waals surface area contributed by atoms with Gasteiger partial charge in [0.2, 0.25) is 0 Å². The van der Waals surface area contributed by atoms with Gasteiger partial charge in [-0.1, -0.05) is 18.2 Å². The standard InChI is InChI=1S/C11H13ClO/c1-13-11-5-3-2-4-9(11)10-6-8(10)7-12/h2-5,8,10H,6-7H2,1H3. The summed E-state index contributed by atoms with van der Waals surface area (Å²) in [4.78, 5) is 0. The van der Waals surface area contributed by atoms with Crippen molar-refractivity contribution in [2.45, 2.75) is 12.3 Å². The Bertz CT molecular complexity index is 298. The van der Waals surface area contributed by atoms with Crippen molar-refractivity contribution in [3.63, 3.8) is 0 Å². The van der Waals surface area contributed by atoms with E-state index in [1.807, 2.05) is 12.1 Å². The fourth-order valence-corrected chi connectivity index (χ4v) is 2.11. The second-order valence-electron chi connectivity index (χ2n) is 3.50. The molecule has 0 saturated heterocycles. The van der Waals surface area contributed by atoms with Crippen LogP contribution in [0.3, 0.4) is 0 Å². The van der Waals surface area contributed by atoms with Gasteiger partial charge in [0.25, 0.3) is 0 Å². The van der Waals surface area contributed by atoms with Gasteiger partial charge < -0.3 is 4.74 Å². The third-order valence-electron chi connectivity index (χ3n) is 2.66. The number of para-hydroxylation sites is 1. The number of halogens is 1. The van der Waals surface area contributed by atoms with Crippen molar-refractivity contribution in [1.82, 2.24) is 0 Å². The van der Waals surface area contributed by atoms with Gasteiger partial charge in [-0.15, -0.1) is 11.6 Å². The molecule has 2 atom stereocenters. The predicted octanol–water partition coefficient (Wildman–Crippen LogP) is 3.04. The molecule has 2 rings (SSSR count). The number of hydrogen-bond donors (Lipinski definition) is 0. The van der Waals surface area contributed by atoms with Gasteiger partial charge in [-0.25, -0.2) is 0 Å². The van der Waals surface area contributed by atoms with Crippen LogP contribution in [0.25, 0.3) is 0 Å². The third kappa shape index (κ3) is 1.66. The van der Waals surface area contributed by atoms with Crippen LogP contribution in [0.15, 0.2) is 24.3 Å². The molecule has 0 aromatic heterocycles. The van der Waals surface area contributed by atoms with Gasteiger partial charge in [0.15, 0.2) is 0 Å². The molecule has 0 radical (unpaired) electrons. The zero-order chi connectivity index (χ0) is 9.26. The first kappa shape index (κ1) is 8.89. The Hall–Kier alpha value is -0.690. The summed E-state index contributed by atoms with van der Waals surface area (Å²) in [7, 11) is 1.72. The number of methoxy groups -OCH3 is 1. The van der Waals surface area contributed by atoms with Crippen LogP contribution in [-0.4, -0.2) is 13.0 Å². The fraction of sp³-hybridized carbons (Fsp3) is 0.455. The van der Waals surface area contributed by atoms with Crippen LogP contribution in [0.4, 0.5) is 0 Å². The minimum Gasteiger partial charge on any atom is -0.496 e. The molecule has 1 aliphatic carbocycles. The summed E-state index contributed by atoms with van der Waals surface area (Å²) in [6.45, 7) is 0. The van der Waals surface area contributed by atoms with Crippen molar-refractivity contribution < 1.29 is 4.74 Å². The van der Waals surface area contributed by atoms with Crippen LogP contribution in [0.5, 0.6) is 5.75 Å². The Labute approximate surface area is 83.7 Å². The van der Waals surface area contributed by atoms with E-state index in [2.05, 4.69) is 12.1 Å². The molecule has 0 heterocycles. The van der Waals surface area contributed by atoms with Crippen molar-refractivity contribution in [3.05, 3.63) is 29.8 Å². The van der Waals surface area contributed by atoms with Crippen LogP contribution in [0, 0.1) is 5.92 Å². The van der Waals surface area contributed by atoms with Crippen LogP contribution in [0.1, 0.15) is 17.9 Å². The predicted molar refractivity (Wildman–Crippen MR) is 54.6 cm³/mol. The molecule has 1 aromatic carbocycles. The summed E-state index contributed by atoms with van der Waals surface area (Å²) >= 11 is 5.80. The highest BCUT2D eigenvalue weighted by Gasteiger charge is 2.38. The molecule has 0 N–H and O–H groups in total. The Balaban J connectivity index is 2.20. The number of benzene rings is 1. The molecular formula is C11H13ClO. The zero-order valence-corrected chi connectivity index (χ0v) is 8.42. The van der Waals surface area contributed by atoms with Crippen molar-refractivity contribution in [2.75, 3.05) is 13.0 Å². The van der Waals surface area contributed by atoms with Gasteiger partial charge >= 0.3 is 0 Å². The molecule has 0 spiro atoms. The minimum absolute atomic E-state index is 0.633. The molecule has 1 saturated carbocycles. The van der Waals surface area contributed by atoms with Crippen molar-refractivity contribution >= 4 is 11.6 Å². The maximum absolute atomic E-state index is 5.80. The Morgan fingerprint density at radius 3 is 2.85 bits per heavy atom. The third-order valence-corrected chi connectivity index (χ3v) is 3.06. The Morgan fingerprint density at radius 1 is 1.46 bits per heavy atom. The molecule has 2 unspecified atom stereocenters. The highest BCUT2D eigenvalue weighted by Crippen LogP contribution is 2.50. The second kappa shape index (κ2) is 3.59. The molecule has 2 heteroatoms. The van der Waals surface area contributed by atoms with E-state index in [-0.39, 0.29) is 0 Å². The Morgan fingerprint density at radius 2 is 2.23 bits per heavy atom. The molecule has 1 aromatic rings. The topological polar surface area (TPSA) is 9.23 Å². The summed E-state index contributed by atoms with van der Waals surface area (Å²) in [5, 5.41) is 0. The Kier molecular flexibility index (Phi) is 2.45. The van der Waals surface area contributed by atoms with E-state index < -0.39 is 0 Å². The normalized spacial score (nSPS) is 25.7. The van der Waals surface area contributed by atoms with E-state index in [1.54, 1.807) is 7.11 Å². The number of ether oxygens (including phenoxy) is 1. The first-order chi connectivity index (χ1) is 6.36. The highest BCUT2D eigenvalue weighted by molar-refractivity contribution is 6.18. The van der Waals surface area contributed by atoms with Gasteiger partial charge in [0, 0.05) is 5.88 Å². The van der Waals surface area contributed by atoms with Crippen LogP contribution in [0.2, 0.25) is 0 Å². The quantitative estimate of drug-likeness (QED) is 0.676. The van der Waals surface area contributed by atoms with Gasteiger partial charge in [0.1, 0.15) is 5.75 Å². The SMILES string of the molecule is COc1ccccc1C1CC1CCl. The van der Waals surface area contributed by atoms with Crippen LogP contribution >= 0.6 is 11.6 Å². The lowest BCUT2D eigenvalue weighted by molar-refractivity contribution is 0.409. The van der Waals surface area contributed by atoms with E-state index in [0.717, 1.165) is 11.6 Å². The molecule has 70 valence electrons. The molecule has 1 nitrogen and oxygen atoms in total. The smallest absolute Gasteiger partial charge is 0.122 e. The molecule has 0 bridgehead atoms. The van der Waals surface area contributed by atoms with E-state index in [1.165, 1.54) is 12.0 Å². The van der Waals surface area contributed by atoms with Crippen LogP contribution < -0.4 is 4.74 Å². The monoisotopic (exact) mass is 196 g/mol. The lowest BCUT2D eigenvalue weighted by Crippen LogP contribution is -1.91. The average molecular weight is 197 g/mol. The maximum atomic E-state index is 5.80. The number of rotatable bonds is 3. The van der Waals surface area contributed by atoms with Gasteiger partial charge in [-0.05, 0) is 29.9 Å². The zero-order valence-electron chi connectivity index (χ0n) is 7.66.